The van der Waals surface area contributed by atoms with Crippen LogP contribution >= 0.6 is 0 Å². The molecule has 0 aliphatic carbocycles. The van der Waals surface area contributed by atoms with Crippen LogP contribution < -0.4 is 4.74 Å². The van der Waals surface area contributed by atoms with Crippen LogP contribution in [0.5, 0.6) is 5.75 Å². The maximum atomic E-state index is 9.26. The minimum absolute atomic E-state index is 0.233. The van der Waals surface area contributed by atoms with Gasteiger partial charge in [0, 0.05) is 6.42 Å². The summed E-state index contributed by atoms with van der Waals surface area (Å²) < 4.78 is 5.42. The van der Waals surface area contributed by atoms with Crippen LogP contribution in [-0.4, -0.2) is 17.8 Å². The molecule has 2 nitrogen and oxygen atoms in total. The molecule has 0 aromatic heterocycles. The third-order valence-electron chi connectivity index (χ3n) is 1.93. The van der Waals surface area contributed by atoms with E-state index < -0.39 is 0 Å². The summed E-state index contributed by atoms with van der Waals surface area (Å²) in [5, 5.41) is 9.26. The summed E-state index contributed by atoms with van der Waals surface area (Å²) in [6.45, 7) is 2.55. The van der Waals surface area contributed by atoms with Crippen LogP contribution in [0.3, 0.4) is 0 Å². The first kappa shape index (κ1) is 10.1. The van der Waals surface area contributed by atoms with E-state index in [9.17, 15) is 5.11 Å². The molecule has 1 N–H and O–H groups in total. The molecule has 1 unspecified atom stereocenters. The number of para-hydroxylation sites is 1. The van der Waals surface area contributed by atoms with Crippen molar-refractivity contribution in [1.82, 2.24) is 0 Å². The monoisotopic (exact) mass is 180 g/mol. The normalized spacial score (nSPS) is 12.5. The van der Waals surface area contributed by atoms with E-state index >= 15 is 0 Å². The maximum absolute atomic E-state index is 9.26. The molecule has 0 heterocycles. The molecule has 0 amide bonds. The fourth-order valence-electron chi connectivity index (χ4n) is 1.03. The third kappa shape index (κ3) is 3.95. The highest BCUT2D eigenvalue weighted by Crippen LogP contribution is 2.09. The number of ether oxygens (including phenoxy) is 1. The first-order valence-corrected chi connectivity index (χ1v) is 4.69. The number of hydrogen-bond acceptors (Lipinski definition) is 2. The molecular weight excluding hydrogens is 164 g/mol. The first-order valence-electron chi connectivity index (χ1n) is 4.69. The molecule has 72 valence electrons. The molecule has 0 aliphatic rings. The summed E-state index contributed by atoms with van der Waals surface area (Å²) in [6, 6.07) is 9.65. The van der Waals surface area contributed by atoms with Gasteiger partial charge < -0.3 is 9.84 Å². The van der Waals surface area contributed by atoms with Gasteiger partial charge in [0.05, 0.1) is 12.7 Å². The summed E-state index contributed by atoms with van der Waals surface area (Å²) in [4.78, 5) is 0. The van der Waals surface area contributed by atoms with Crippen LogP contribution in [0.1, 0.15) is 19.8 Å². The second-order valence-corrected chi connectivity index (χ2v) is 3.01. The molecule has 0 spiro atoms. The van der Waals surface area contributed by atoms with Crippen LogP contribution in [-0.2, 0) is 0 Å². The zero-order valence-electron chi connectivity index (χ0n) is 7.94. The predicted molar refractivity (Wildman–Crippen MR) is 52.9 cm³/mol. The Bertz CT molecular complexity index is 221. The van der Waals surface area contributed by atoms with Crippen LogP contribution in [0, 0.1) is 0 Å². The Kier molecular flexibility index (Phi) is 4.33. The largest absolute Gasteiger partial charge is 0.493 e. The van der Waals surface area contributed by atoms with Crippen LogP contribution in [0.25, 0.3) is 0 Å². The van der Waals surface area contributed by atoms with E-state index in [2.05, 4.69) is 0 Å². The molecule has 0 fully saturated rings. The van der Waals surface area contributed by atoms with E-state index in [-0.39, 0.29) is 6.10 Å². The number of hydrogen-bond donors (Lipinski definition) is 1. The molecule has 1 aromatic carbocycles. The van der Waals surface area contributed by atoms with Crippen molar-refractivity contribution < 1.29 is 9.84 Å². The van der Waals surface area contributed by atoms with E-state index in [1.807, 2.05) is 37.3 Å². The second kappa shape index (κ2) is 5.60. The lowest BCUT2D eigenvalue weighted by Crippen LogP contribution is -2.10. The first-order chi connectivity index (χ1) is 6.33. The van der Waals surface area contributed by atoms with Crippen molar-refractivity contribution in [3.8, 4) is 5.75 Å². The Labute approximate surface area is 79.2 Å². The highest BCUT2D eigenvalue weighted by Gasteiger charge is 2.00. The van der Waals surface area contributed by atoms with E-state index in [1.54, 1.807) is 0 Å². The summed E-state index contributed by atoms with van der Waals surface area (Å²) in [7, 11) is 0. The molecule has 13 heavy (non-hydrogen) atoms. The molecule has 2 heteroatoms. The maximum Gasteiger partial charge on any atom is 0.119 e. The van der Waals surface area contributed by atoms with Crippen LogP contribution in [0.4, 0.5) is 0 Å². The van der Waals surface area contributed by atoms with Gasteiger partial charge >= 0.3 is 0 Å². The Morgan fingerprint density at radius 1 is 1.31 bits per heavy atom. The van der Waals surface area contributed by atoms with Crippen molar-refractivity contribution in [2.45, 2.75) is 25.9 Å². The number of aliphatic hydroxyl groups is 1. The van der Waals surface area contributed by atoms with Crippen LogP contribution in [0.2, 0.25) is 0 Å². The van der Waals surface area contributed by atoms with Gasteiger partial charge in [0.1, 0.15) is 5.75 Å². The van der Waals surface area contributed by atoms with Crippen LogP contribution in [0.15, 0.2) is 30.3 Å². The van der Waals surface area contributed by atoms with Gasteiger partial charge in [0.2, 0.25) is 0 Å². The average Bonchev–Trinajstić information content (AvgIpc) is 2.19. The smallest absolute Gasteiger partial charge is 0.119 e. The Morgan fingerprint density at radius 2 is 2.00 bits per heavy atom. The van der Waals surface area contributed by atoms with E-state index in [1.165, 1.54) is 0 Å². The highest BCUT2D eigenvalue weighted by atomic mass is 16.5. The quantitative estimate of drug-likeness (QED) is 0.753. The van der Waals surface area contributed by atoms with Gasteiger partial charge in [-0.05, 0) is 18.6 Å². The summed E-state index contributed by atoms with van der Waals surface area (Å²) in [6.07, 6.45) is 1.26. The van der Waals surface area contributed by atoms with Crippen molar-refractivity contribution in [1.29, 1.82) is 0 Å². The summed E-state index contributed by atoms with van der Waals surface area (Å²) in [5.41, 5.74) is 0. The zero-order chi connectivity index (χ0) is 9.52. The van der Waals surface area contributed by atoms with Gasteiger partial charge in [0.15, 0.2) is 0 Å². The average molecular weight is 180 g/mol. The minimum atomic E-state index is -0.233. The van der Waals surface area contributed by atoms with Gasteiger partial charge in [-0.2, -0.15) is 0 Å². The molecule has 1 rings (SSSR count). The van der Waals surface area contributed by atoms with Gasteiger partial charge in [-0.3, -0.25) is 0 Å². The van der Waals surface area contributed by atoms with Crippen molar-refractivity contribution in [3.63, 3.8) is 0 Å². The van der Waals surface area contributed by atoms with Gasteiger partial charge in [-0.1, -0.05) is 25.1 Å². The molecular formula is C11H16O2. The third-order valence-corrected chi connectivity index (χ3v) is 1.93. The molecule has 0 saturated heterocycles. The Balaban J connectivity index is 2.20. The van der Waals surface area contributed by atoms with Crippen molar-refractivity contribution in [3.05, 3.63) is 30.3 Å². The fraction of sp³-hybridized carbons (Fsp3) is 0.455. The minimum Gasteiger partial charge on any atom is -0.493 e. The second-order valence-electron chi connectivity index (χ2n) is 3.01. The lowest BCUT2D eigenvalue weighted by molar-refractivity contribution is 0.135. The zero-order valence-corrected chi connectivity index (χ0v) is 7.94. The number of rotatable bonds is 5. The molecule has 0 aliphatic heterocycles. The fourth-order valence-corrected chi connectivity index (χ4v) is 1.03. The van der Waals surface area contributed by atoms with E-state index in [0.717, 1.165) is 12.2 Å². The lowest BCUT2D eigenvalue weighted by atomic mass is 10.2. The number of benzene rings is 1. The van der Waals surface area contributed by atoms with Gasteiger partial charge in [0.25, 0.3) is 0 Å². The number of aliphatic hydroxyl groups excluding tert-OH is 1. The standard InChI is InChI=1S/C11H16O2/c1-2-10(12)8-9-13-11-6-4-3-5-7-11/h3-7,10,12H,2,8-9H2,1H3. The summed E-state index contributed by atoms with van der Waals surface area (Å²) >= 11 is 0. The molecule has 0 saturated carbocycles. The lowest BCUT2D eigenvalue weighted by Gasteiger charge is -2.08. The van der Waals surface area contributed by atoms with Crippen molar-refractivity contribution in [2.75, 3.05) is 6.61 Å². The molecule has 1 atom stereocenters. The molecule has 0 bridgehead atoms. The summed E-state index contributed by atoms with van der Waals surface area (Å²) in [5.74, 6) is 0.866. The topological polar surface area (TPSA) is 29.5 Å². The van der Waals surface area contributed by atoms with E-state index in [4.69, 9.17) is 4.74 Å². The SMILES string of the molecule is CCC(O)CCOc1ccccc1. The predicted octanol–water partition coefficient (Wildman–Crippen LogP) is 2.23. The Morgan fingerprint density at radius 3 is 2.62 bits per heavy atom. The van der Waals surface area contributed by atoms with Crippen molar-refractivity contribution >= 4 is 0 Å². The molecule has 1 aromatic rings. The molecule has 0 radical (unpaired) electrons. The highest BCUT2D eigenvalue weighted by molar-refractivity contribution is 5.20. The van der Waals surface area contributed by atoms with Crippen molar-refractivity contribution in [2.24, 2.45) is 0 Å². The van der Waals surface area contributed by atoms with E-state index in [0.29, 0.717) is 13.0 Å². The Hall–Kier alpha value is -1.02. The van der Waals surface area contributed by atoms with Gasteiger partial charge in [-0.15, -0.1) is 0 Å². The van der Waals surface area contributed by atoms with Gasteiger partial charge in [-0.25, -0.2) is 0 Å².